The monoisotopic (exact) mass is 159 g/mol. The first-order valence-corrected chi connectivity index (χ1v) is 4.38. The fraction of sp³-hybridized carbons (Fsp3) is 0.500. The molecule has 1 aliphatic rings. The summed E-state index contributed by atoms with van der Waals surface area (Å²) in [5, 5.41) is -0.228. The molecule has 1 saturated heterocycles. The number of hydrogen-bond donors (Lipinski definition) is 0. The van der Waals surface area contributed by atoms with Crippen LogP contribution in [-0.4, -0.2) is 36.8 Å². The molecular formula is C4H6AlNO2S. The second-order valence-corrected chi connectivity index (χ2v) is 4.11. The van der Waals surface area contributed by atoms with Crippen LogP contribution in [0.25, 0.3) is 0 Å². The molecule has 3 nitrogen and oxygen atoms in total. The Balaban J connectivity index is 2.77. The van der Waals surface area contributed by atoms with Gasteiger partial charge in [0.05, 0.1) is 5.25 Å². The van der Waals surface area contributed by atoms with Gasteiger partial charge in [0.1, 0.15) is 0 Å². The van der Waals surface area contributed by atoms with Crippen LogP contribution in [-0.2, 0) is 4.79 Å². The van der Waals surface area contributed by atoms with E-state index in [2.05, 4.69) is 0 Å². The zero-order valence-corrected chi connectivity index (χ0v) is 8.07. The third kappa shape index (κ3) is 1.13. The number of amides is 2. The predicted molar refractivity (Wildman–Crippen MR) is 37.8 cm³/mol. The van der Waals surface area contributed by atoms with Crippen molar-refractivity contribution in [1.29, 1.82) is 0 Å². The van der Waals surface area contributed by atoms with Crippen molar-refractivity contribution in [3.05, 3.63) is 0 Å². The van der Waals surface area contributed by atoms with Gasteiger partial charge in [0, 0.05) is 0 Å². The largest absolute Gasteiger partial charge is 0.381 e. The number of carbonyl (C=O) groups is 2. The van der Waals surface area contributed by atoms with E-state index in [0.717, 1.165) is 11.8 Å². The smallest absolute Gasteiger partial charge is 0.376 e. The van der Waals surface area contributed by atoms with E-state index in [1.807, 2.05) is 0 Å². The van der Waals surface area contributed by atoms with E-state index in [4.69, 9.17) is 0 Å². The van der Waals surface area contributed by atoms with E-state index in [0.29, 0.717) is 16.5 Å². The summed E-state index contributed by atoms with van der Waals surface area (Å²) in [6.07, 6.45) is 0. The van der Waals surface area contributed by atoms with Crippen LogP contribution in [0.5, 0.6) is 0 Å². The first-order valence-electron chi connectivity index (χ1n) is 2.61. The van der Waals surface area contributed by atoms with Crippen molar-refractivity contribution in [1.82, 2.24) is 3.88 Å². The van der Waals surface area contributed by atoms with Gasteiger partial charge in [0.15, 0.2) is 0 Å². The van der Waals surface area contributed by atoms with Crippen molar-refractivity contribution in [2.45, 2.75) is 12.2 Å². The molecule has 0 aromatic rings. The van der Waals surface area contributed by atoms with Gasteiger partial charge >= 0.3 is 16.5 Å². The second-order valence-electron chi connectivity index (χ2n) is 1.92. The molecule has 0 bridgehead atoms. The lowest BCUT2D eigenvalue weighted by Crippen LogP contribution is -2.27. The standard InChI is InChI=1S/C4H5NO2S.Al.2H/c1-2-3(6)5-4(7)8-2;;;/h2H,1H3,(H,5,6,7);;;/q;+1;;/p-1. The summed E-state index contributed by atoms with van der Waals surface area (Å²) in [6, 6.07) is 0. The highest BCUT2D eigenvalue weighted by Gasteiger charge is 2.31. The van der Waals surface area contributed by atoms with Gasteiger partial charge in [0.2, 0.25) is 5.91 Å². The average molecular weight is 159 g/mol. The van der Waals surface area contributed by atoms with Crippen molar-refractivity contribution in [3.8, 4) is 0 Å². The number of imide groups is 1. The normalized spacial score (nSPS) is 27.7. The minimum absolute atomic E-state index is 0.0309. The highest BCUT2D eigenvalue weighted by atomic mass is 32.2. The van der Waals surface area contributed by atoms with Crippen molar-refractivity contribution < 1.29 is 9.59 Å². The van der Waals surface area contributed by atoms with Gasteiger partial charge in [-0.3, -0.25) is 9.59 Å². The molecule has 0 spiro atoms. The summed E-state index contributed by atoms with van der Waals surface area (Å²) in [5.74, 6) is -0.0309. The van der Waals surface area contributed by atoms with Gasteiger partial charge in [-0.15, -0.1) is 0 Å². The van der Waals surface area contributed by atoms with Crippen molar-refractivity contribution >= 4 is 39.4 Å². The molecule has 1 fully saturated rings. The van der Waals surface area contributed by atoms with Crippen LogP contribution in [0.4, 0.5) is 4.79 Å². The molecule has 0 N–H and O–H groups in total. The predicted octanol–water partition coefficient (Wildman–Crippen LogP) is -0.382. The van der Waals surface area contributed by atoms with Crippen molar-refractivity contribution in [3.63, 3.8) is 0 Å². The van der Waals surface area contributed by atoms with E-state index >= 15 is 0 Å². The third-order valence-corrected chi connectivity index (χ3v) is 3.43. The molecule has 1 heterocycles. The first-order chi connectivity index (χ1) is 4.13. The summed E-state index contributed by atoms with van der Waals surface area (Å²) >= 11 is 1.63. The maximum Gasteiger partial charge on any atom is 0.381 e. The molecule has 48 valence electrons. The first kappa shape index (κ1) is 7.13. The lowest BCUT2D eigenvalue weighted by molar-refractivity contribution is -0.123. The van der Waals surface area contributed by atoms with Gasteiger partial charge in [-0.1, -0.05) is 11.8 Å². The summed E-state index contributed by atoms with van der Waals surface area (Å²) in [5.41, 5.74) is 0. The topological polar surface area (TPSA) is 37.4 Å². The number of hydrogen-bond acceptors (Lipinski definition) is 3. The molecule has 0 aromatic heterocycles. The van der Waals surface area contributed by atoms with Crippen LogP contribution in [0.2, 0.25) is 0 Å². The summed E-state index contributed by atoms with van der Waals surface area (Å²) in [4.78, 5) is 21.5. The molecule has 9 heavy (non-hydrogen) atoms. The van der Waals surface area contributed by atoms with Crippen LogP contribution in [0, 0.1) is 0 Å². The number of thioether (sulfide) groups is 1. The van der Waals surface area contributed by atoms with Gasteiger partial charge < -0.3 is 3.88 Å². The Hall–Kier alpha value is 0.0225. The van der Waals surface area contributed by atoms with Crippen LogP contribution in [0.3, 0.4) is 0 Å². The van der Waals surface area contributed by atoms with Crippen molar-refractivity contribution in [2.75, 3.05) is 0 Å². The molecule has 0 saturated carbocycles. The van der Waals surface area contributed by atoms with Crippen LogP contribution in [0.1, 0.15) is 6.92 Å². The Labute approximate surface area is 65.4 Å². The molecule has 1 unspecified atom stereocenters. The summed E-state index contributed by atoms with van der Waals surface area (Å²) < 4.78 is 1.29. The molecular weight excluding hydrogens is 153 g/mol. The van der Waals surface area contributed by atoms with Crippen LogP contribution >= 0.6 is 11.8 Å². The Bertz CT molecular complexity index is 172. The van der Waals surface area contributed by atoms with Gasteiger partial charge in [-0.25, -0.2) is 0 Å². The van der Waals surface area contributed by atoms with E-state index in [1.54, 1.807) is 6.92 Å². The van der Waals surface area contributed by atoms with Gasteiger partial charge in [0.25, 0.3) is 5.24 Å². The SMILES string of the molecule is CC1SC(=O)[N]([AlH2])C1=O. The molecule has 1 aliphatic heterocycles. The number of nitrogens with zero attached hydrogens (tertiary/aromatic N) is 1. The number of rotatable bonds is 0. The molecule has 5 heteroatoms. The van der Waals surface area contributed by atoms with E-state index in [9.17, 15) is 9.59 Å². The lowest BCUT2D eigenvalue weighted by atomic mass is 10.4. The highest BCUT2D eigenvalue weighted by Crippen LogP contribution is 2.23. The van der Waals surface area contributed by atoms with Gasteiger partial charge in [-0.2, -0.15) is 0 Å². The molecule has 1 atom stereocenters. The molecule has 0 aliphatic carbocycles. The Morgan fingerprint density at radius 3 is 2.33 bits per heavy atom. The molecule has 0 aromatic carbocycles. The molecule has 1 rings (SSSR count). The Morgan fingerprint density at radius 2 is 2.22 bits per heavy atom. The number of carbonyl (C=O) groups excluding carboxylic acids is 2. The quantitative estimate of drug-likeness (QED) is 0.452. The fourth-order valence-electron chi connectivity index (χ4n) is 0.643. The van der Waals surface area contributed by atoms with Crippen LogP contribution < -0.4 is 0 Å². The Kier molecular flexibility index (Phi) is 1.85. The van der Waals surface area contributed by atoms with Crippen LogP contribution in [0.15, 0.2) is 0 Å². The third-order valence-electron chi connectivity index (χ3n) is 1.23. The minimum atomic E-state index is -0.144. The fourth-order valence-corrected chi connectivity index (χ4v) is 2.34. The van der Waals surface area contributed by atoms with E-state index in [-0.39, 0.29) is 16.4 Å². The highest BCUT2D eigenvalue weighted by molar-refractivity contribution is 8.15. The van der Waals surface area contributed by atoms with E-state index in [1.165, 1.54) is 3.88 Å². The second kappa shape index (κ2) is 2.33. The van der Waals surface area contributed by atoms with Gasteiger partial charge in [-0.05, 0) is 6.92 Å². The minimum Gasteiger partial charge on any atom is -0.376 e. The summed E-state index contributed by atoms with van der Waals surface area (Å²) in [7, 11) is 0. The maximum atomic E-state index is 10.8. The zero-order chi connectivity index (χ0) is 7.02. The maximum absolute atomic E-state index is 10.8. The molecule has 2 amide bonds. The molecule has 0 radical (unpaired) electrons. The average Bonchev–Trinajstić information content (AvgIpc) is 1.98. The Morgan fingerprint density at radius 1 is 1.67 bits per heavy atom. The van der Waals surface area contributed by atoms with Crippen molar-refractivity contribution in [2.24, 2.45) is 0 Å². The lowest BCUT2D eigenvalue weighted by Gasteiger charge is -2.03. The summed E-state index contributed by atoms with van der Waals surface area (Å²) in [6.45, 7) is 1.75. The zero-order valence-electron chi connectivity index (χ0n) is 5.25. The van der Waals surface area contributed by atoms with E-state index < -0.39 is 0 Å².